The number of nitrogens with zero attached hydrogens (tertiary/aromatic N) is 2. The van der Waals surface area contributed by atoms with Gasteiger partial charge in [-0.25, -0.2) is 4.90 Å². The van der Waals surface area contributed by atoms with Crippen molar-refractivity contribution in [3.05, 3.63) is 22.7 Å². The fourth-order valence-electron chi connectivity index (χ4n) is 1.62. The number of anilines is 1. The number of fused-ring (bicyclic) bond motifs is 1. The fourth-order valence-corrected chi connectivity index (χ4v) is 2.91. The number of rotatable bonds is 1. The molecule has 0 bridgehead atoms. The third kappa shape index (κ3) is 2.03. The topological polar surface area (TPSA) is 50.3 Å². The molecule has 0 spiro atoms. The van der Waals surface area contributed by atoms with Crippen molar-refractivity contribution in [2.75, 3.05) is 4.90 Å². The highest BCUT2D eigenvalue weighted by atomic mass is 35.5. The summed E-state index contributed by atoms with van der Waals surface area (Å²) in [5, 5.41) is 0. The van der Waals surface area contributed by atoms with Crippen LogP contribution >= 0.6 is 22.9 Å². The van der Waals surface area contributed by atoms with Gasteiger partial charge in [0.05, 0.1) is 4.70 Å². The Hall–Kier alpha value is -1.46. The Morgan fingerprint density at radius 3 is 2.59 bits per heavy atom. The number of carbonyl (C=O) groups is 2. The quantitative estimate of drug-likeness (QED) is 0.799. The van der Waals surface area contributed by atoms with Gasteiger partial charge >= 0.3 is 0 Å². The third-order valence-electron chi connectivity index (χ3n) is 2.23. The van der Waals surface area contributed by atoms with Crippen LogP contribution in [0.2, 0.25) is 4.34 Å². The maximum atomic E-state index is 11.5. The minimum absolute atomic E-state index is 0.371. The third-order valence-corrected chi connectivity index (χ3v) is 3.57. The second-order valence-electron chi connectivity index (χ2n) is 3.45. The first kappa shape index (κ1) is 12.0. The second kappa shape index (κ2) is 4.43. The summed E-state index contributed by atoms with van der Waals surface area (Å²) in [6.07, 6.45) is 1.60. The zero-order valence-corrected chi connectivity index (χ0v) is 10.8. The van der Waals surface area contributed by atoms with Gasteiger partial charge in [0, 0.05) is 20.0 Å². The number of aromatic nitrogens is 1. The number of amides is 2. The molecule has 2 aromatic heterocycles. The van der Waals surface area contributed by atoms with Gasteiger partial charge < -0.3 is 0 Å². The van der Waals surface area contributed by atoms with E-state index in [0.717, 1.165) is 9.60 Å². The van der Waals surface area contributed by atoms with Crippen LogP contribution in [0.4, 0.5) is 5.69 Å². The number of pyridine rings is 1. The molecular weight excluding hydrogens is 260 g/mol. The summed E-state index contributed by atoms with van der Waals surface area (Å²) in [5.74, 6) is -0.741. The smallest absolute Gasteiger partial charge is 0.230 e. The Morgan fingerprint density at radius 1 is 1.35 bits per heavy atom. The van der Waals surface area contributed by atoms with E-state index in [1.165, 1.54) is 25.2 Å². The Morgan fingerprint density at radius 2 is 2.00 bits per heavy atom. The zero-order chi connectivity index (χ0) is 12.6. The first-order valence-corrected chi connectivity index (χ1v) is 6.06. The van der Waals surface area contributed by atoms with Crippen LogP contribution in [0.3, 0.4) is 0 Å². The first-order valence-electron chi connectivity index (χ1n) is 4.86. The molecule has 0 atom stereocenters. The van der Waals surface area contributed by atoms with Crippen LogP contribution in [0.15, 0.2) is 18.3 Å². The molecule has 0 saturated carbocycles. The lowest BCUT2D eigenvalue weighted by atomic mass is 10.3. The maximum Gasteiger partial charge on any atom is 0.230 e. The van der Waals surface area contributed by atoms with Crippen molar-refractivity contribution in [3.63, 3.8) is 0 Å². The molecule has 0 aliphatic carbocycles. The predicted molar refractivity (Wildman–Crippen MR) is 68.5 cm³/mol. The van der Waals surface area contributed by atoms with E-state index in [0.29, 0.717) is 15.5 Å². The summed E-state index contributed by atoms with van der Waals surface area (Å²) < 4.78 is 1.24. The van der Waals surface area contributed by atoms with Crippen LogP contribution in [0.25, 0.3) is 10.2 Å². The Balaban J connectivity index is 2.72. The number of thiophene rings is 1. The minimum atomic E-state index is -0.371. The van der Waals surface area contributed by atoms with Gasteiger partial charge in [0.25, 0.3) is 0 Å². The van der Waals surface area contributed by atoms with Gasteiger partial charge in [-0.05, 0) is 12.1 Å². The molecule has 88 valence electrons. The van der Waals surface area contributed by atoms with Crippen molar-refractivity contribution in [3.8, 4) is 0 Å². The van der Waals surface area contributed by atoms with E-state index >= 15 is 0 Å². The number of imide groups is 1. The van der Waals surface area contributed by atoms with Crippen molar-refractivity contribution in [1.82, 2.24) is 4.98 Å². The lowest BCUT2D eigenvalue weighted by Gasteiger charge is -2.16. The number of hydrogen-bond donors (Lipinski definition) is 0. The van der Waals surface area contributed by atoms with Gasteiger partial charge in [-0.15, -0.1) is 11.3 Å². The van der Waals surface area contributed by atoms with Crippen molar-refractivity contribution >= 4 is 50.7 Å². The normalized spacial score (nSPS) is 10.5. The fraction of sp³-hybridized carbons (Fsp3) is 0.182. The highest BCUT2D eigenvalue weighted by molar-refractivity contribution is 7.23. The summed E-state index contributed by atoms with van der Waals surface area (Å²) >= 11 is 7.38. The van der Waals surface area contributed by atoms with Crippen LogP contribution < -0.4 is 4.90 Å². The van der Waals surface area contributed by atoms with Crippen LogP contribution in [0, 0.1) is 0 Å². The predicted octanol–water partition coefficient (Wildman–Crippen LogP) is 2.85. The Kier molecular flexibility index (Phi) is 3.13. The highest BCUT2D eigenvalue weighted by Gasteiger charge is 2.24. The number of halogens is 1. The molecule has 0 fully saturated rings. The largest absolute Gasteiger partial charge is 0.274 e. The Bertz CT molecular complexity index is 595. The van der Waals surface area contributed by atoms with Gasteiger partial charge in [-0.3, -0.25) is 14.6 Å². The van der Waals surface area contributed by atoms with E-state index in [4.69, 9.17) is 11.6 Å². The van der Waals surface area contributed by atoms with Crippen LogP contribution in [0.5, 0.6) is 0 Å². The van der Waals surface area contributed by atoms with E-state index in [-0.39, 0.29) is 11.8 Å². The van der Waals surface area contributed by atoms with Crippen molar-refractivity contribution < 1.29 is 9.59 Å². The summed E-state index contributed by atoms with van der Waals surface area (Å²) in [7, 11) is 0. The molecule has 6 heteroatoms. The second-order valence-corrected chi connectivity index (χ2v) is 5.10. The molecule has 0 aliphatic heterocycles. The molecule has 2 heterocycles. The van der Waals surface area contributed by atoms with Crippen molar-refractivity contribution in [1.29, 1.82) is 0 Å². The van der Waals surface area contributed by atoms with Crippen molar-refractivity contribution in [2.24, 2.45) is 0 Å². The molecule has 0 N–H and O–H groups in total. The van der Waals surface area contributed by atoms with E-state index in [1.807, 2.05) is 6.07 Å². The number of hydrogen-bond acceptors (Lipinski definition) is 4. The van der Waals surface area contributed by atoms with Crippen LogP contribution in [-0.2, 0) is 9.59 Å². The standard InChI is InChI=1S/C11H9ClN2O2S/c1-6(15)14(7(2)16)10-9-8(17-11(10)12)4-3-5-13-9/h3-5H,1-2H3. The lowest BCUT2D eigenvalue weighted by Crippen LogP contribution is -2.33. The Labute approximate surface area is 107 Å². The molecule has 0 aromatic carbocycles. The molecule has 17 heavy (non-hydrogen) atoms. The molecular formula is C11H9ClN2O2S. The molecule has 0 aliphatic rings. The molecule has 0 unspecified atom stereocenters. The summed E-state index contributed by atoms with van der Waals surface area (Å²) in [6, 6.07) is 3.63. The van der Waals surface area contributed by atoms with E-state index < -0.39 is 0 Å². The monoisotopic (exact) mass is 268 g/mol. The lowest BCUT2D eigenvalue weighted by molar-refractivity contribution is -0.124. The summed E-state index contributed by atoms with van der Waals surface area (Å²) in [4.78, 5) is 28.2. The average molecular weight is 269 g/mol. The van der Waals surface area contributed by atoms with E-state index in [9.17, 15) is 9.59 Å². The van der Waals surface area contributed by atoms with Gasteiger partial charge in [-0.2, -0.15) is 0 Å². The number of carbonyl (C=O) groups excluding carboxylic acids is 2. The van der Waals surface area contributed by atoms with Gasteiger partial charge in [0.15, 0.2) is 0 Å². The first-order chi connectivity index (χ1) is 8.02. The van der Waals surface area contributed by atoms with Gasteiger partial charge in [-0.1, -0.05) is 11.6 Å². The van der Waals surface area contributed by atoms with Crippen LogP contribution in [-0.4, -0.2) is 16.8 Å². The molecule has 2 amide bonds. The average Bonchev–Trinajstić information content (AvgIpc) is 2.55. The molecule has 0 radical (unpaired) electrons. The van der Waals surface area contributed by atoms with Gasteiger partial charge in [0.2, 0.25) is 11.8 Å². The molecule has 2 aromatic rings. The van der Waals surface area contributed by atoms with E-state index in [2.05, 4.69) is 4.98 Å². The summed E-state index contributed by atoms with van der Waals surface area (Å²) in [5.41, 5.74) is 0.958. The van der Waals surface area contributed by atoms with Crippen molar-refractivity contribution in [2.45, 2.75) is 13.8 Å². The minimum Gasteiger partial charge on any atom is -0.274 e. The molecule has 4 nitrogen and oxygen atoms in total. The van der Waals surface area contributed by atoms with Gasteiger partial charge in [0.1, 0.15) is 15.5 Å². The SMILES string of the molecule is CC(=O)N(C(C)=O)c1c(Cl)sc2cccnc12. The highest BCUT2D eigenvalue weighted by Crippen LogP contribution is 2.40. The maximum absolute atomic E-state index is 11.5. The molecule has 2 rings (SSSR count). The molecule has 0 saturated heterocycles. The van der Waals surface area contributed by atoms with E-state index in [1.54, 1.807) is 12.3 Å². The zero-order valence-electron chi connectivity index (χ0n) is 9.23. The van der Waals surface area contributed by atoms with Crippen LogP contribution in [0.1, 0.15) is 13.8 Å². The summed E-state index contributed by atoms with van der Waals surface area (Å²) in [6.45, 7) is 2.65.